The first-order valence-corrected chi connectivity index (χ1v) is 16.3. The highest BCUT2D eigenvalue weighted by molar-refractivity contribution is 6.76. The number of aromatic hydroxyl groups is 1. The third kappa shape index (κ3) is 4.26. The van der Waals surface area contributed by atoms with Gasteiger partial charge in [0, 0.05) is 17.4 Å². The number of rotatable bonds is 6. The van der Waals surface area contributed by atoms with Crippen molar-refractivity contribution in [2.45, 2.75) is 30.6 Å². The summed E-state index contributed by atoms with van der Waals surface area (Å²) in [5.74, 6) is -7.08. The molecule has 0 spiro atoms. The number of para-hydroxylation sites is 1. The molecule has 5 aliphatic rings. The smallest absolute Gasteiger partial charge is 0.507 e. The molecule has 1 amide bonds. The molecule has 2 aromatic rings. The third-order valence-corrected chi connectivity index (χ3v) is 11.6. The molecule has 0 aromatic heterocycles. The topological polar surface area (TPSA) is 195 Å². The van der Waals surface area contributed by atoms with Crippen LogP contribution in [-0.2, 0) is 29.3 Å². The molecule has 3 aliphatic carbocycles. The number of hydrogen-bond acceptors (Lipinski definition) is 12. The van der Waals surface area contributed by atoms with Crippen LogP contribution in [-0.4, -0.2) is 125 Å². The molecule has 0 radical (unpaired) electrons. The largest absolute Gasteiger partial charge is 0.508 e. The quantitative estimate of drug-likeness (QED) is 0.177. The maximum atomic E-state index is 14.4. The number of carbonyl (C=O) groups excluding carboxylic acids is 3. The Kier molecular flexibility index (Phi) is 7.56. The van der Waals surface area contributed by atoms with Crippen molar-refractivity contribution >= 4 is 35.4 Å². The summed E-state index contributed by atoms with van der Waals surface area (Å²) in [5, 5.41) is 60.5. The number of carbonyl (C=O) groups is 3. The number of nitrogens with one attached hydrogen (secondary N) is 1. The number of benzene rings is 2. The lowest BCUT2D eigenvalue weighted by atomic mass is 9.54. The van der Waals surface area contributed by atoms with Crippen molar-refractivity contribution in [2.75, 3.05) is 54.2 Å². The average Bonchev–Trinajstić information content (AvgIpc) is 3.60. The predicted octanol–water partition coefficient (Wildman–Crippen LogP) is -0.0507. The highest BCUT2D eigenvalue weighted by Gasteiger charge is 2.67. The Morgan fingerprint density at radius 3 is 2.39 bits per heavy atom. The van der Waals surface area contributed by atoms with E-state index >= 15 is 0 Å². The average molecular weight is 678 g/mol. The van der Waals surface area contributed by atoms with Crippen LogP contribution >= 0.6 is 0 Å². The number of hydrogen-bond donors (Lipinski definition) is 6. The maximum absolute atomic E-state index is 14.4. The molecule has 2 heterocycles. The molecule has 15 heteroatoms. The van der Waals surface area contributed by atoms with Gasteiger partial charge < -0.3 is 49.3 Å². The minimum atomic E-state index is -2.82. The SMILES string of the molecule is COc1ccccc1[B-]12OCC[N+]1(CNC(=O)C1=C(O)[C@]3(O)C(=O)C4=C(O)c5c(O)cccc5[C@@](C)(O)[C@@H]4C[C@H]3[C@@H](N(C)C)C1=O)CCO2. The van der Waals surface area contributed by atoms with E-state index in [1.807, 2.05) is 18.2 Å². The Bertz CT molecular complexity index is 1850. The van der Waals surface area contributed by atoms with E-state index in [0.29, 0.717) is 37.5 Å². The lowest BCUT2D eigenvalue weighted by Gasteiger charge is -2.53. The number of ether oxygens (including phenoxy) is 1. The van der Waals surface area contributed by atoms with E-state index in [4.69, 9.17) is 14.0 Å². The molecule has 2 aliphatic heterocycles. The molecule has 7 rings (SSSR count). The summed E-state index contributed by atoms with van der Waals surface area (Å²) in [6.45, 7) is 0.730. The van der Waals surface area contributed by atoms with Crippen molar-refractivity contribution in [1.82, 2.24) is 10.2 Å². The number of aliphatic hydroxyl groups is 4. The Morgan fingerprint density at radius 2 is 1.73 bits per heavy atom. The van der Waals surface area contributed by atoms with Gasteiger partial charge in [-0.1, -0.05) is 30.3 Å². The van der Waals surface area contributed by atoms with Crippen molar-refractivity contribution < 1.29 is 58.4 Å². The maximum Gasteiger partial charge on any atom is 0.507 e. The van der Waals surface area contributed by atoms with Gasteiger partial charge in [0.1, 0.15) is 29.5 Å². The van der Waals surface area contributed by atoms with Crippen LogP contribution < -0.4 is 15.5 Å². The lowest BCUT2D eigenvalue weighted by molar-refractivity contribution is -0.822. The molecule has 0 unspecified atom stereocenters. The van der Waals surface area contributed by atoms with Crippen LogP contribution in [0.5, 0.6) is 11.5 Å². The second kappa shape index (κ2) is 11.1. The standard InChI is InChI=1S/C34H40BN3O11/c1-33(45)18-8-7-10-22(39)24(18)28(40)25-19(33)16-20-27(37(2)3)29(41)26(31(43)34(20,46)30(25)42)32(44)36-17-38-12-14-48-35(38,49-15-13-38)21-9-5-6-11-23(21)47-4/h5-11,19-20,27,39-40,43,45-46H,12-17H2,1-4H3,(H,36,44)/t19-,20+,27-,33-,34-,35?,38?/m1/s1. The van der Waals surface area contributed by atoms with Gasteiger partial charge in [0.15, 0.2) is 11.4 Å². The molecule has 6 N–H and O–H groups in total. The van der Waals surface area contributed by atoms with Crippen molar-refractivity contribution in [3.8, 4) is 11.5 Å². The molecule has 0 bridgehead atoms. The number of ketones is 2. The van der Waals surface area contributed by atoms with Gasteiger partial charge in [0.25, 0.3) is 5.91 Å². The van der Waals surface area contributed by atoms with Crippen LogP contribution in [0, 0.1) is 11.8 Å². The molecule has 1 saturated carbocycles. The van der Waals surface area contributed by atoms with Gasteiger partial charge in [0.05, 0.1) is 56.4 Å². The molecule has 2 saturated heterocycles. The normalized spacial score (nSPS) is 35.2. The number of Topliss-reactive ketones (excluding diaryl/α,β-unsaturated/α-hetero) is 2. The number of nitrogens with zero attached hydrogens (tertiary/aromatic N) is 2. The lowest BCUT2D eigenvalue weighted by Crippen LogP contribution is -2.72. The molecule has 260 valence electrons. The van der Waals surface area contributed by atoms with Gasteiger partial charge in [-0.25, -0.2) is 0 Å². The van der Waals surface area contributed by atoms with E-state index < -0.39 is 81.7 Å². The Labute approximate surface area is 282 Å². The highest BCUT2D eigenvalue weighted by atomic mass is 16.6. The van der Waals surface area contributed by atoms with Crippen molar-refractivity contribution in [3.63, 3.8) is 0 Å². The summed E-state index contributed by atoms with van der Waals surface area (Å²) in [6.07, 6.45) is -0.226. The summed E-state index contributed by atoms with van der Waals surface area (Å²) in [7, 11) is 4.63. The van der Waals surface area contributed by atoms with Crippen LogP contribution in [0.25, 0.3) is 5.76 Å². The van der Waals surface area contributed by atoms with Gasteiger partial charge in [-0.05, 0) is 50.6 Å². The number of quaternary nitrogens is 1. The monoisotopic (exact) mass is 677 g/mol. The molecular formula is C34H40BN3O11. The summed E-state index contributed by atoms with van der Waals surface area (Å²) < 4.78 is 18.3. The van der Waals surface area contributed by atoms with E-state index in [2.05, 4.69) is 5.32 Å². The van der Waals surface area contributed by atoms with Crippen LogP contribution in [0.4, 0.5) is 0 Å². The van der Waals surface area contributed by atoms with E-state index in [9.17, 15) is 39.9 Å². The molecular weight excluding hydrogens is 637 g/mol. The number of fused-ring (bicyclic) bond motifs is 4. The second-order valence-corrected chi connectivity index (χ2v) is 14.1. The van der Waals surface area contributed by atoms with Gasteiger partial charge in [-0.15, -0.1) is 0 Å². The van der Waals surface area contributed by atoms with Crippen molar-refractivity contribution in [1.29, 1.82) is 0 Å². The molecule has 3 fully saturated rings. The zero-order chi connectivity index (χ0) is 35.3. The van der Waals surface area contributed by atoms with Crippen LogP contribution in [0.1, 0.15) is 24.5 Å². The minimum Gasteiger partial charge on any atom is -0.508 e. The fourth-order valence-electron chi connectivity index (χ4n) is 9.13. The minimum absolute atomic E-state index is 0.0731. The third-order valence-electron chi connectivity index (χ3n) is 11.6. The Morgan fingerprint density at radius 1 is 1.06 bits per heavy atom. The Balaban J connectivity index is 1.29. The number of likely N-dealkylation sites (N-methyl/N-ethyl adjacent to an activating group) is 1. The number of aliphatic hydroxyl groups excluding tert-OH is 2. The predicted molar refractivity (Wildman–Crippen MR) is 174 cm³/mol. The number of phenols is 1. The summed E-state index contributed by atoms with van der Waals surface area (Å²) in [5.41, 5.74) is -5.17. The fraction of sp³-hybridized carbons (Fsp3) is 0.441. The Hall–Kier alpha value is -4.25. The van der Waals surface area contributed by atoms with E-state index in [0.717, 1.165) is 0 Å². The first kappa shape index (κ1) is 33.3. The number of methoxy groups -OCH3 is 1. The highest BCUT2D eigenvalue weighted by Crippen LogP contribution is 2.57. The fourth-order valence-corrected chi connectivity index (χ4v) is 9.13. The number of phenolic OH excluding ortho intramolecular Hbond substituents is 1. The van der Waals surface area contributed by atoms with Crippen LogP contribution in [0.15, 0.2) is 59.4 Å². The van der Waals surface area contributed by atoms with Gasteiger partial charge >= 0.3 is 6.69 Å². The molecule has 2 aromatic carbocycles. The first-order valence-electron chi connectivity index (χ1n) is 16.3. The summed E-state index contributed by atoms with van der Waals surface area (Å²) in [4.78, 5) is 44.1. The van der Waals surface area contributed by atoms with E-state index in [1.165, 1.54) is 37.1 Å². The second-order valence-electron chi connectivity index (χ2n) is 14.1. The van der Waals surface area contributed by atoms with Crippen molar-refractivity contribution in [2.24, 2.45) is 11.8 Å². The number of amides is 1. The zero-order valence-electron chi connectivity index (χ0n) is 27.7. The van der Waals surface area contributed by atoms with Crippen LogP contribution in [0.3, 0.4) is 0 Å². The van der Waals surface area contributed by atoms with E-state index in [1.54, 1.807) is 20.2 Å². The molecule has 14 nitrogen and oxygen atoms in total. The van der Waals surface area contributed by atoms with Crippen molar-refractivity contribution in [3.05, 3.63) is 70.5 Å². The summed E-state index contributed by atoms with van der Waals surface area (Å²) >= 11 is 0. The van der Waals surface area contributed by atoms with Gasteiger partial charge in [0.2, 0.25) is 5.78 Å². The molecule has 49 heavy (non-hydrogen) atoms. The van der Waals surface area contributed by atoms with Gasteiger partial charge in [-0.2, -0.15) is 0 Å². The summed E-state index contributed by atoms with van der Waals surface area (Å²) in [6, 6.07) is 10.3. The zero-order valence-corrected chi connectivity index (χ0v) is 27.7. The van der Waals surface area contributed by atoms with Crippen LogP contribution in [0.2, 0.25) is 0 Å². The molecule has 5 atom stereocenters. The first-order chi connectivity index (χ1) is 23.2. The van der Waals surface area contributed by atoms with E-state index in [-0.39, 0.29) is 28.6 Å². The van der Waals surface area contributed by atoms with Gasteiger partial charge in [-0.3, -0.25) is 19.3 Å².